The maximum atomic E-state index is 13.4. The lowest BCUT2D eigenvalue weighted by atomic mass is 10.0. The number of halogens is 1. The van der Waals surface area contributed by atoms with Crippen LogP contribution in [0.15, 0.2) is 23.8 Å². The lowest BCUT2D eigenvalue weighted by molar-refractivity contribution is 0.329. The molecule has 1 aliphatic rings. The maximum absolute atomic E-state index is 13.4. The minimum atomic E-state index is -0.163. The first-order chi connectivity index (χ1) is 7.22. The molecule has 0 aromatic heterocycles. The highest BCUT2D eigenvalue weighted by atomic mass is 19.1. The fourth-order valence-electron chi connectivity index (χ4n) is 2.11. The Morgan fingerprint density at radius 2 is 2.13 bits per heavy atom. The topological polar surface area (TPSA) is 20.2 Å². The predicted molar refractivity (Wildman–Crippen MR) is 59.0 cm³/mol. The fraction of sp³-hybridized carbons (Fsp3) is 0.385. The minimum absolute atomic E-state index is 0.102. The summed E-state index contributed by atoms with van der Waals surface area (Å²) in [7, 11) is 0. The summed E-state index contributed by atoms with van der Waals surface area (Å²) in [5.41, 5.74) is 3.80. The van der Waals surface area contributed by atoms with Gasteiger partial charge in [0, 0.05) is 0 Å². The smallest absolute Gasteiger partial charge is 0.126 e. The predicted octanol–water partition coefficient (Wildman–Crippen LogP) is 3.06. The van der Waals surface area contributed by atoms with Gasteiger partial charge in [0.2, 0.25) is 0 Å². The number of aliphatic hydroxyl groups is 1. The Balaban J connectivity index is 2.41. The molecular weight excluding hydrogens is 191 g/mol. The van der Waals surface area contributed by atoms with Crippen LogP contribution in [0.1, 0.15) is 30.4 Å². The molecule has 0 aliphatic heterocycles. The lowest BCUT2D eigenvalue weighted by Crippen LogP contribution is -1.92. The van der Waals surface area contributed by atoms with E-state index in [0.29, 0.717) is 5.56 Å². The fourth-order valence-corrected chi connectivity index (χ4v) is 2.11. The largest absolute Gasteiger partial charge is 0.392 e. The summed E-state index contributed by atoms with van der Waals surface area (Å²) in [4.78, 5) is 0. The zero-order valence-corrected chi connectivity index (χ0v) is 8.89. The first-order valence-electron chi connectivity index (χ1n) is 5.30. The van der Waals surface area contributed by atoms with Gasteiger partial charge in [-0.2, -0.15) is 0 Å². The molecule has 1 aliphatic carbocycles. The van der Waals surface area contributed by atoms with Gasteiger partial charge in [0.05, 0.1) is 6.61 Å². The van der Waals surface area contributed by atoms with Gasteiger partial charge in [-0.3, -0.25) is 0 Å². The van der Waals surface area contributed by atoms with Gasteiger partial charge in [-0.25, -0.2) is 4.39 Å². The average Bonchev–Trinajstić information content (AvgIpc) is 2.70. The lowest BCUT2D eigenvalue weighted by Gasteiger charge is -2.06. The van der Waals surface area contributed by atoms with Gasteiger partial charge in [-0.15, -0.1) is 0 Å². The van der Waals surface area contributed by atoms with Crippen molar-refractivity contribution in [3.63, 3.8) is 0 Å². The first-order valence-corrected chi connectivity index (χ1v) is 5.30. The Kier molecular flexibility index (Phi) is 2.87. The van der Waals surface area contributed by atoms with Crippen LogP contribution in [-0.2, 0) is 0 Å². The molecule has 80 valence electrons. The number of allylic oxidation sites excluding steroid dienone is 1. The summed E-state index contributed by atoms with van der Waals surface area (Å²) in [5.74, 6) is -0.163. The van der Waals surface area contributed by atoms with Crippen LogP contribution in [0, 0.1) is 12.7 Å². The molecule has 0 saturated carbocycles. The van der Waals surface area contributed by atoms with Crippen molar-refractivity contribution in [2.45, 2.75) is 26.2 Å². The van der Waals surface area contributed by atoms with Gasteiger partial charge in [0.25, 0.3) is 0 Å². The molecule has 0 radical (unpaired) electrons. The number of hydrogen-bond donors (Lipinski definition) is 1. The van der Waals surface area contributed by atoms with Crippen molar-refractivity contribution in [2.75, 3.05) is 6.61 Å². The standard InChI is InChI=1S/C13H15FO/c1-9-5-6-10(7-13(9)14)12-4-2-3-11(12)8-15/h5-7,15H,2-4,8H2,1H3. The second-order valence-electron chi connectivity index (χ2n) is 4.06. The second kappa shape index (κ2) is 4.15. The second-order valence-corrected chi connectivity index (χ2v) is 4.06. The molecule has 2 heteroatoms. The van der Waals surface area contributed by atoms with E-state index in [9.17, 15) is 9.50 Å². The average molecular weight is 206 g/mol. The molecular formula is C13H15FO. The molecule has 15 heavy (non-hydrogen) atoms. The van der Waals surface area contributed by atoms with Crippen LogP contribution in [0.3, 0.4) is 0 Å². The molecule has 1 nitrogen and oxygen atoms in total. The van der Waals surface area contributed by atoms with Crippen LogP contribution in [0.25, 0.3) is 5.57 Å². The van der Waals surface area contributed by atoms with Crippen LogP contribution >= 0.6 is 0 Å². The molecule has 1 aromatic carbocycles. The highest BCUT2D eigenvalue weighted by Crippen LogP contribution is 2.33. The van der Waals surface area contributed by atoms with E-state index in [1.54, 1.807) is 19.1 Å². The number of hydrogen-bond acceptors (Lipinski definition) is 1. The van der Waals surface area contributed by atoms with Gasteiger partial charge in [0.1, 0.15) is 5.82 Å². The van der Waals surface area contributed by atoms with Gasteiger partial charge in [-0.1, -0.05) is 12.1 Å². The third-order valence-corrected chi connectivity index (χ3v) is 3.04. The molecule has 1 aromatic rings. The zero-order valence-electron chi connectivity index (χ0n) is 8.89. The molecule has 0 heterocycles. The third kappa shape index (κ3) is 1.95. The van der Waals surface area contributed by atoms with E-state index >= 15 is 0 Å². The van der Waals surface area contributed by atoms with Gasteiger partial charge >= 0.3 is 0 Å². The van der Waals surface area contributed by atoms with Gasteiger partial charge in [-0.05, 0) is 54.5 Å². The van der Waals surface area contributed by atoms with Crippen molar-refractivity contribution in [3.05, 3.63) is 40.7 Å². The van der Waals surface area contributed by atoms with E-state index in [1.807, 2.05) is 6.07 Å². The van der Waals surface area contributed by atoms with E-state index in [1.165, 1.54) is 0 Å². The number of benzene rings is 1. The Labute approximate surface area is 89.3 Å². The Morgan fingerprint density at radius 3 is 2.80 bits per heavy atom. The van der Waals surface area contributed by atoms with E-state index in [2.05, 4.69) is 0 Å². The number of aryl methyl sites for hydroxylation is 1. The molecule has 0 bridgehead atoms. The zero-order chi connectivity index (χ0) is 10.8. The van der Waals surface area contributed by atoms with Crippen molar-refractivity contribution < 1.29 is 9.50 Å². The highest BCUT2D eigenvalue weighted by molar-refractivity contribution is 5.71. The van der Waals surface area contributed by atoms with Gasteiger partial charge in [0.15, 0.2) is 0 Å². The van der Waals surface area contributed by atoms with Crippen LogP contribution < -0.4 is 0 Å². The van der Waals surface area contributed by atoms with Crippen LogP contribution in [0.5, 0.6) is 0 Å². The van der Waals surface area contributed by atoms with E-state index < -0.39 is 0 Å². The van der Waals surface area contributed by atoms with Crippen LogP contribution in [0.4, 0.5) is 4.39 Å². The Bertz CT molecular complexity index is 407. The summed E-state index contributed by atoms with van der Waals surface area (Å²) in [5, 5.41) is 9.17. The molecule has 2 rings (SSSR count). The molecule has 0 unspecified atom stereocenters. The molecule has 0 spiro atoms. The summed E-state index contributed by atoms with van der Waals surface area (Å²) >= 11 is 0. The van der Waals surface area contributed by atoms with E-state index in [-0.39, 0.29) is 12.4 Å². The van der Waals surface area contributed by atoms with Crippen molar-refractivity contribution in [1.29, 1.82) is 0 Å². The van der Waals surface area contributed by atoms with Gasteiger partial charge < -0.3 is 5.11 Å². The maximum Gasteiger partial charge on any atom is 0.126 e. The van der Waals surface area contributed by atoms with E-state index in [4.69, 9.17) is 0 Å². The summed E-state index contributed by atoms with van der Waals surface area (Å²) in [6.45, 7) is 1.86. The molecule has 0 amide bonds. The van der Waals surface area contributed by atoms with Crippen molar-refractivity contribution >= 4 is 5.57 Å². The number of rotatable bonds is 2. The summed E-state index contributed by atoms with van der Waals surface area (Å²) < 4.78 is 13.4. The van der Waals surface area contributed by atoms with Crippen molar-refractivity contribution in [3.8, 4) is 0 Å². The monoisotopic (exact) mass is 206 g/mol. The molecule has 0 atom stereocenters. The summed E-state index contributed by atoms with van der Waals surface area (Å²) in [6, 6.07) is 5.31. The SMILES string of the molecule is Cc1ccc(C2=C(CO)CCC2)cc1F. The molecule has 0 fully saturated rings. The minimum Gasteiger partial charge on any atom is -0.392 e. The quantitative estimate of drug-likeness (QED) is 0.788. The first kappa shape index (κ1) is 10.4. The van der Waals surface area contributed by atoms with Crippen LogP contribution in [-0.4, -0.2) is 11.7 Å². The Hall–Kier alpha value is -1.15. The Morgan fingerprint density at radius 1 is 1.33 bits per heavy atom. The summed E-state index contributed by atoms with van der Waals surface area (Å²) in [6.07, 6.45) is 2.97. The normalized spacial score (nSPS) is 16.2. The van der Waals surface area contributed by atoms with Crippen LogP contribution in [0.2, 0.25) is 0 Å². The number of aliphatic hydroxyl groups excluding tert-OH is 1. The van der Waals surface area contributed by atoms with Crippen molar-refractivity contribution in [1.82, 2.24) is 0 Å². The van der Waals surface area contributed by atoms with E-state index in [0.717, 1.165) is 36.0 Å². The van der Waals surface area contributed by atoms with Crippen molar-refractivity contribution in [2.24, 2.45) is 0 Å². The molecule has 1 N–H and O–H groups in total. The third-order valence-electron chi connectivity index (χ3n) is 3.04. The molecule has 0 saturated heterocycles. The highest BCUT2D eigenvalue weighted by Gasteiger charge is 2.15.